The van der Waals surface area contributed by atoms with Crippen molar-refractivity contribution in [2.24, 2.45) is 4.99 Å². The Bertz CT molecular complexity index is 406. The molecule has 0 saturated heterocycles. The normalized spacial score (nSPS) is 11.5. The van der Waals surface area contributed by atoms with E-state index in [0.29, 0.717) is 13.2 Å². The van der Waals surface area contributed by atoms with Crippen LogP contribution in [0.25, 0.3) is 0 Å². The lowest BCUT2D eigenvalue weighted by molar-refractivity contribution is 0.197. The minimum absolute atomic E-state index is 0.212. The molecular formula is C15H24FN3O. The van der Waals surface area contributed by atoms with Crippen molar-refractivity contribution >= 4 is 5.96 Å². The molecule has 0 aromatic heterocycles. The molecule has 112 valence electrons. The first kappa shape index (κ1) is 16.4. The van der Waals surface area contributed by atoms with Gasteiger partial charge in [0, 0.05) is 40.4 Å². The van der Waals surface area contributed by atoms with Crippen molar-refractivity contribution in [3.8, 4) is 0 Å². The van der Waals surface area contributed by atoms with Crippen LogP contribution in [0.1, 0.15) is 18.9 Å². The highest BCUT2D eigenvalue weighted by atomic mass is 19.1. The lowest BCUT2D eigenvalue weighted by Crippen LogP contribution is -2.38. The van der Waals surface area contributed by atoms with E-state index in [4.69, 9.17) is 4.74 Å². The average molecular weight is 281 g/mol. The molecule has 1 aromatic rings. The third-order valence-corrected chi connectivity index (χ3v) is 2.80. The molecule has 1 N–H and O–H groups in total. The standard InChI is InChI=1S/C15H24FN3O/c1-4-17-15(18-10-5-11-20-3)19(2)12-13-6-8-14(16)9-7-13/h6-9H,4-5,10-12H2,1-3H3,(H,17,18). The largest absolute Gasteiger partial charge is 0.385 e. The van der Waals surface area contributed by atoms with Gasteiger partial charge < -0.3 is 15.0 Å². The van der Waals surface area contributed by atoms with Gasteiger partial charge in [-0.25, -0.2) is 4.39 Å². The second-order valence-corrected chi connectivity index (χ2v) is 4.56. The first-order valence-electron chi connectivity index (χ1n) is 6.90. The fourth-order valence-electron chi connectivity index (χ4n) is 1.80. The summed E-state index contributed by atoms with van der Waals surface area (Å²) >= 11 is 0. The Morgan fingerprint density at radius 3 is 2.65 bits per heavy atom. The summed E-state index contributed by atoms with van der Waals surface area (Å²) in [4.78, 5) is 6.57. The van der Waals surface area contributed by atoms with Gasteiger partial charge in [-0.2, -0.15) is 0 Å². The van der Waals surface area contributed by atoms with Crippen LogP contribution in [-0.2, 0) is 11.3 Å². The van der Waals surface area contributed by atoms with Crippen molar-refractivity contribution in [2.75, 3.05) is 33.9 Å². The minimum atomic E-state index is -0.212. The quantitative estimate of drug-likeness (QED) is 0.473. The second kappa shape index (κ2) is 9.31. The van der Waals surface area contributed by atoms with Crippen molar-refractivity contribution < 1.29 is 9.13 Å². The van der Waals surface area contributed by atoms with Crippen LogP contribution in [0.5, 0.6) is 0 Å². The van der Waals surface area contributed by atoms with E-state index in [0.717, 1.165) is 31.0 Å². The summed E-state index contributed by atoms with van der Waals surface area (Å²) in [5.41, 5.74) is 1.05. The molecule has 0 aliphatic rings. The molecule has 0 fully saturated rings. The zero-order valence-corrected chi connectivity index (χ0v) is 12.5. The van der Waals surface area contributed by atoms with E-state index in [9.17, 15) is 4.39 Å². The van der Waals surface area contributed by atoms with Crippen LogP contribution in [0.2, 0.25) is 0 Å². The average Bonchev–Trinajstić information content (AvgIpc) is 2.44. The van der Waals surface area contributed by atoms with Gasteiger partial charge in [-0.3, -0.25) is 4.99 Å². The van der Waals surface area contributed by atoms with Gasteiger partial charge in [0.25, 0.3) is 0 Å². The number of methoxy groups -OCH3 is 1. The molecule has 1 rings (SSSR count). The molecule has 0 radical (unpaired) electrons. The van der Waals surface area contributed by atoms with Crippen LogP contribution in [0.15, 0.2) is 29.3 Å². The van der Waals surface area contributed by atoms with Gasteiger partial charge in [0.2, 0.25) is 0 Å². The molecule has 0 heterocycles. The number of benzene rings is 1. The van der Waals surface area contributed by atoms with E-state index in [1.54, 1.807) is 19.2 Å². The lowest BCUT2D eigenvalue weighted by Gasteiger charge is -2.22. The summed E-state index contributed by atoms with van der Waals surface area (Å²) in [5, 5.41) is 3.25. The van der Waals surface area contributed by atoms with Crippen LogP contribution < -0.4 is 5.32 Å². The van der Waals surface area contributed by atoms with Gasteiger partial charge in [0.05, 0.1) is 0 Å². The highest BCUT2D eigenvalue weighted by molar-refractivity contribution is 5.79. The highest BCUT2D eigenvalue weighted by Gasteiger charge is 2.06. The molecule has 4 nitrogen and oxygen atoms in total. The molecule has 0 atom stereocenters. The number of rotatable bonds is 7. The topological polar surface area (TPSA) is 36.9 Å². The van der Waals surface area contributed by atoms with Crippen LogP contribution in [0.4, 0.5) is 4.39 Å². The van der Waals surface area contributed by atoms with Crippen LogP contribution in [-0.4, -0.2) is 44.7 Å². The van der Waals surface area contributed by atoms with Crippen molar-refractivity contribution in [1.82, 2.24) is 10.2 Å². The van der Waals surface area contributed by atoms with Crippen molar-refractivity contribution in [3.05, 3.63) is 35.6 Å². The van der Waals surface area contributed by atoms with Gasteiger partial charge in [-0.1, -0.05) is 12.1 Å². The van der Waals surface area contributed by atoms with Gasteiger partial charge >= 0.3 is 0 Å². The summed E-state index contributed by atoms with van der Waals surface area (Å²) in [5.74, 6) is 0.643. The molecule has 0 spiro atoms. The number of nitrogens with one attached hydrogen (secondary N) is 1. The van der Waals surface area contributed by atoms with E-state index in [1.165, 1.54) is 12.1 Å². The SMILES string of the molecule is CCNC(=NCCCOC)N(C)Cc1ccc(F)cc1. The molecule has 5 heteroatoms. The number of hydrogen-bond acceptors (Lipinski definition) is 2. The molecule has 0 unspecified atom stereocenters. The fraction of sp³-hybridized carbons (Fsp3) is 0.533. The van der Waals surface area contributed by atoms with Crippen LogP contribution >= 0.6 is 0 Å². The van der Waals surface area contributed by atoms with Crippen molar-refractivity contribution in [2.45, 2.75) is 19.9 Å². The summed E-state index contributed by atoms with van der Waals surface area (Å²) in [6.45, 7) is 4.98. The third-order valence-electron chi connectivity index (χ3n) is 2.80. The summed E-state index contributed by atoms with van der Waals surface area (Å²) in [7, 11) is 3.66. The molecule has 0 bridgehead atoms. The zero-order chi connectivity index (χ0) is 14.8. The van der Waals surface area contributed by atoms with Gasteiger partial charge in [0.1, 0.15) is 5.82 Å². The lowest BCUT2D eigenvalue weighted by atomic mass is 10.2. The van der Waals surface area contributed by atoms with Crippen molar-refractivity contribution in [1.29, 1.82) is 0 Å². The Balaban J connectivity index is 2.58. The summed E-state index contributed by atoms with van der Waals surface area (Å²) in [6, 6.07) is 6.54. The third kappa shape index (κ3) is 6.02. The van der Waals surface area contributed by atoms with Gasteiger partial charge in [0.15, 0.2) is 5.96 Å². The summed E-state index contributed by atoms with van der Waals surface area (Å²) in [6.07, 6.45) is 0.899. The molecule has 0 aliphatic heterocycles. The van der Waals surface area contributed by atoms with E-state index in [-0.39, 0.29) is 5.82 Å². The Kier molecular flexibility index (Phi) is 7.65. The first-order valence-corrected chi connectivity index (χ1v) is 6.90. The van der Waals surface area contributed by atoms with E-state index < -0.39 is 0 Å². The molecule has 20 heavy (non-hydrogen) atoms. The monoisotopic (exact) mass is 281 g/mol. The Hall–Kier alpha value is -1.62. The second-order valence-electron chi connectivity index (χ2n) is 4.56. The number of nitrogens with zero attached hydrogens (tertiary/aromatic N) is 2. The first-order chi connectivity index (χ1) is 9.67. The maximum atomic E-state index is 12.9. The van der Waals surface area contributed by atoms with Crippen LogP contribution in [0.3, 0.4) is 0 Å². The van der Waals surface area contributed by atoms with Crippen LogP contribution in [0, 0.1) is 5.82 Å². The van der Waals surface area contributed by atoms with E-state index >= 15 is 0 Å². The van der Waals surface area contributed by atoms with Crippen molar-refractivity contribution in [3.63, 3.8) is 0 Å². The number of ether oxygens (including phenoxy) is 1. The van der Waals surface area contributed by atoms with E-state index in [2.05, 4.69) is 10.3 Å². The Labute approximate surface area is 120 Å². The maximum Gasteiger partial charge on any atom is 0.193 e. The fourth-order valence-corrected chi connectivity index (χ4v) is 1.80. The van der Waals surface area contributed by atoms with Gasteiger partial charge in [-0.05, 0) is 31.0 Å². The zero-order valence-electron chi connectivity index (χ0n) is 12.5. The number of aliphatic imine (C=N–C) groups is 1. The maximum absolute atomic E-state index is 12.9. The number of hydrogen-bond donors (Lipinski definition) is 1. The number of halogens is 1. The van der Waals surface area contributed by atoms with Gasteiger partial charge in [-0.15, -0.1) is 0 Å². The van der Waals surface area contributed by atoms with E-state index in [1.807, 2.05) is 18.9 Å². The minimum Gasteiger partial charge on any atom is -0.385 e. The predicted octanol–water partition coefficient (Wildman–Crippen LogP) is 2.26. The summed E-state index contributed by atoms with van der Waals surface area (Å²) < 4.78 is 17.9. The molecule has 1 aromatic carbocycles. The Morgan fingerprint density at radius 2 is 2.05 bits per heavy atom. The molecule has 0 amide bonds. The molecule has 0 saturated carbocycles. The molecular weight excluding hydrogens is 257 g/mol. The predicted molar refractivity (Wildman–Crippen MR) is 80.3 cm³/mol. The number of guanidine groups is 1. The highest BCUT2D eigenvalue weighted by Crippen LogP contribution is 2.05. The molecule has 0 aliphatic carbocycles. The Morgan fingerprint density at radius 1 is 1.35 bits per heavy atom. The smallest absolute Gasteiger partial charge is 0.193 e.